The minimum Gasteiger partial charge on any atom is -0.290 e. The van der Waals surface area contributed by atoms with Gasteiger partial charge in [0.1, 0.15) is 5.25 Å². The van der Waals surface area contributed by atoms with Crippen LogP contribution in [0.25, 0.3) is 0 Å². The summed E-state index contributed by atoms with van der Waals surface area (Å²) in [6.07, 6.45) is 3.32. The van der Waals surface area contributed by atoms with E-state index in [2.05, 4.69) is 10.9 Å². The fourth-order valence-corrected chi connectivity index (χ4v) is 2.56. The zero-order valence-electron chi connectivity index (χ0n) is 11.8. The monoisotopic (exact) mass is 276 g/mol. The van der Waals surface area contributed by atoms with Crippen LogP contribution in [0, 0.1) is 5.92 Å². The van der Waals surface area contributed by atoms with E-state index in [9.17, 15) is 13.2 Å². The zero-order chi connectivity index (χ0) is 14.3. The summed E-state index contributed by atoms with van der Waals surface area (Å²) in [5.41, 5.74) is 6.26. The Morgan fingerprint density at radius 3 is 2.22 bits per heavy atom. The first-order valence-electron chi connectivity index (χ1n) is 5.99. The summed E-state index contributed by atoms with van der Waals surface area (Å²) in [5, 5.41) is -0.989. The number of rotatable bonds is 7. The Labute approximate surface area is 110 Å². The van der Waals surface area contributed by atoms with Crippen LogP contribution in [0.15, 0.2) is 11.6 Å². The lowest BCUT2D eigenvalue weighted by Crippen LogP contribution is -2.46. The summed E-state index contributed by atoms with van der Waals surface area (Å²) < 4.78 is 23.1. The molecular weight excluding hydrogens is 252 g/mol. The summed E-state index contributed by atoms with van der Waals surface area (Å²) >= 11 is 0. The van der Waals surface area contributed by atoms with Crippen molar-refractivity contribution in [3.63, 3.8) is 0 Å². The van der Waals surface area contributed by atoms with Crippen LogP contribution >= 0.6 is 0 Å². The SMILES string of the molecule is CC(C)=CCNNC(=O)C(CC(C)C)S(C)(=O)=O. The lowest BCUT2D eigenvalue weighted by Gasteiger charge is -2.17. The number of amides is 1. The first-order valence-corrected chi connectivity index (χ1v) is 7.95. The van der Waals surface area contributed by atoms with E-state index in [0.717, 1.165) is 11.8 Å². The number of carbonyl (C=O) groups is 1. The molecule has 0 bridgehead atoms. The van der Waals surface area contributed by atoms with Crippen LogP contribution in [0.1, 0.15) is 34.1 Å². The van der Waals surface area contributed by atoms with Crippen LogP contribution in [-0.4, -0.2) is 32.4 Å². The molecule has 5 nitrogen and oxygen atoms in total. The number of allylic oxidation sites excluding steroid dienone is 1. The Bertz CT molecular complexity index is 396. The summed E-state index contributed by atoms with van der Waals surface area (Å²) in [7, 11) is -3.38. The van der Waals surface area contributed by atoms with Crippen molar-refractivity contribution < 1.29 is 13.2 Å². The summed E-state index contributed by atoms with van der Waals surface area (Å²) in [6, 6.07) is 0. The van der Waals surface area contributed by atoms with Gasteiger partial charge >= 0.3 is 0 Å². The lowest BCUT2D eigenvalue weighted by molar-refractivity contribution is -0.121. The average Bonchev–Trinajstić information content (AvgIpc) is 2.18. The van der Waals surface area contributed by atoms with Crippen molar-refractivity contribution in [2.24, 2.45) is 5.92 Å². The molecule has 0 aliphatic heterocycles. The summed E-state index contributed by atoms with van der Waals surface area (Å²) in [6.45, 7) is 8.15. The van der Waals surface area contributed by atoms with Gasteiger partial charge in [0, 0.05) is 12.8 Å². The van der Waals surface area contributed by atoms with Gasteiger partial charge in [-0.1, -0.05) is 25.5 Å². The van der Waals surface area contributed by atoms with Gasteiger partial charge in [-0.15, -0.1) is 0 Å². The highest BCUT2D eigenvalue weighted by molar-refractivity contribution is 7.92. The van der Waals surface area contributed by atoms with E-state index in [4.69, 9.17) is 0 Å². The molecule has 18 heavy (non-hydrogen) atoms. The predicted molar refractivity (Wildman–Crippen MR) is 73.7 cm³/mol. The summed E-state index contributed by atoms with van der Waals surface area (Å²) in [4.78, 5) is 11.8. The minimum absolute atomic E-state index is 0.147. The van der Waals surface area contributed by atoms with Gasteiger partial charge < -0.3 is 0 Å². The molecular formula is C12H24N2O3S. The Morgan fingerprint density at radius 2 is 1.83 bits per heavy atom. The fraction of sp³-hybridized carbons (Fsp3) is 0.750. The van der Waals surface area contributed by atoms with Crippen molar-refractivity contribution >= 4 is 15.7 Å². The van der Waals surface area contributed by atoms with Gasteiger partial charge in [-0.3, -0.25) is 10.2 Å². The van der Waals surface area contributed by atoms with E-state index in [-0.39, 0.29) is 5.92 Å². The topological polar surface area (TPSA) is 75.3 Å². The van der Waals surface area contributed by atoms with E-state index in [1.54, 1.807) is 0 Å². The summed E-state index contributed by atoms with van der Waals surface area (Å²) in [5.74, 6) is -0.346. The van der Waals surface area contributed by atoms with Crippen molar-refractivity contribution in [3.8, 4) is 0 Å². The molecule has 0 fully saturated rings. The number of sulfone groups is 1. The Morgan fingerprint density at radius 1 is 1.28 bits per heavy atom. The third-order valence-corrected chi connectivity index (χ3v) is 3.76. The zero-order valence-corrected chi connectivity index (χ0v) is 12.6. The smallest absolute Gasteiger partial charge is 0.252 e. The van der Waals surface area contributed by atoms with Crippen LogP contribution in [-0.2, 0) is 14.6 Å². The molecule has 2 N–H and O–H groups in total. The third kappa shape index (κ3) is 7.45. The standard InChI is InChI=1S/C12H24N2O3S/c1-9(2)6-7-13-14-12(15)11(8-10(3)4)18(5,16)17/h6,10-11,13H,7-8H2,1-5H3,(H,14,15). The Balaban J connectivity index is 4.45. The molecule has 0 aromatic heterocycles. The molecule has 6 heteroatoms. The Kier molecular flexibility index (Phi) is 7.16. The average molecular weight is 276 g/mol. The van der Waals surface area contributed by atoms with Gasteiger partial charge in [-0.25, -0.2) is 13.8 Å². The van der Waals surface area contributed by atoms with Gasteiger partial charge in [0.05, 0.1) is 0 Å². The third-order valence-electron chi connectivity index (χ3n) is 2.32. The fourth-order valence-electron chi connectivity index (χ4n) is 1.38. The largest absolute Gasteiger partial charge is 0.290 e. The van der Waals surface area contributed by atoms with E-state index >= 15 is 0 Å². The number of carbonyl (C=O) groups excluding carboxylic acids is 1. The highest BCUT2D eigenvalue weighted by Crippen LogP contribution is 2.12. The van der Waals surface area contributed by atoms with E-state index in [0.29, 0.717) is 13.0 Å². The van der Waals surface area contributed by atoms with Gasteiger partial charge in [0.2, 0.25) is 0 Å². The molecule has 0 aromatic rings. The maximum Gasteiger partial charge on any atom is 0.252 e. The second kappa shape index (κ2) is 7.53. The van der Waals surface area contributed by atoms with E-state index in [1.165, 1.54) is 0 Å². The van der Waals surface area contributed by atoms with E-state index in [1.807, 2.05) is 33.8 Å². The van der Waals surface area contributed by atoms with Crippen LogP contribution in [0.2, 0.25) is 0 Å². The molecule has 0 saturated carbocycles. The number of nitrogens with one attached hydrogen (secondary N) is 2. The molecule has 0 spiro atoms. The second-order valence-corrected chi connectivity index (χ2v) is 7.33. The molecule has 106 valence electrons. The molecule has 1 amide bonds. The van der Waals surface area contributed by atoms with Gasteiger partial charge in [-0.2, -0.15) is 0 Å². The maximum atomic E-state index is 11.8. The van der Waals surface area contributed by atoms with Crippen LogP contribution in [0.5, 0.6) is 0 Å². The Hall–Kier alpha value is -0.880. The molecule has 0 aromatic carbocycles. The molecule has 1 atom stereocenters. The highest BCUT2D eigenvalue weighted by atomic mass is 32.2. The lowest BCUT2D eigenvalue weighted by atomic mass is 10.1. The molecule has 0 aliphatic rings. The normalized spacial score (nSPS) is 13.2. The van der Waals surface area contributed by atoms with Crippen LogP contribution < -0.4 is 10.9 Å². The van der Waals surface area contributed by atoms with E-state index < -0.39 is 21.0 Å². The van der Waals surface area contributed by atoms with Crippen molar-refractivity contribution in [2.75, 3.05) is 12.8 Å². The van der Waals surface area contributed by atoms with Crippen molar-refractivity contribution in [2.45, 2.75) is 39.4 Å². The van der Waals surface area contributed by atoms with Gasteiger partial charge in [0.25, 0.3) is 5.91 Å². The van der Waals surface area contributed by atoms with Crippen molar-refractivity contribution in [1.82, 2.24) is 10.9 Å². The van der Waals surface area contributed by atoms with Crippen LogP contribution in [0.4, 0.5) is 0 Å². The molecule has 0 aliphatic carbocycles. The predicted octanol–water partition coefficient (Wildman–Crippen LogP) is 1.03. The maximum absolute atomic E-state index is 11.8. The quantitative estimate of drug-likeness (QED) is 0.414. The van der Waals surface area contributed by atoms with Crippen LogP contribution in [0.3, 0.4) is 0 Å². The van der Waals surface area contributed by atoms with Gasteiger partial charge in [-0.05, 0) is 26.2 Å². The molecule has 0 rings (SSSR count). The minimum atomic E-state index is -3.38. The highest BCUT2D eigenvalue weighted by Gasteiger charge is 2.29. The second-order valence-electron chi connectivity index (χ2n) is 5.10. The van der Waals surface area contributed by atoms with Gasteiger partial charge in [0.15, 0.2) is 9.84 Å². The molecule has 0 radical (unpaired) electrons. The molecule has 0 heterocycles. The first-order chi connectivity index (χ1) is 8.14. The molecule has 1 unspecified atom stereocenters. The number of hydrogen-bond acceptors (Lipinski definition) is 4. The number of hydrogen-bond donors (Lipinski definition) is 2. The molecule has 0 saturated heterocycles. The van der Waals surface area contributed by atoms with Crippen molar-refractivity contribution in [3.05, 3.63) is 11.6 Å². The first kappa shape index (κ1) is 17.1. The number of hydrazine groups is 1. The van der Waals surface area contributed by atoms with Crippen molar-refractivity contribution in [1.29, 1.82) is 0 Å².